The van der Waals surface area contributed by atoms with Gasteiger partial charge in [-0.2, -0.15) is 9.61 Å². The lowest BCUT2D eigenvalue weighted by Gasteiger charge is -2.31. The van der Waals surface area contributed by atoms with Crippen LogP contribution in [0.2, 0.25) is 0 Å². The van der Waals surface area contributed by atoms with Gasteiger partial charge in [-0.1, -0.05) is 0 Å². The number of likely N-dealkylation sites (tertiary alicyclic amines) is 1. The number of hydrogen-bond donors (Lipinski definition) is 0. The van der Waals surface area contributed by atoms with Crippen LogP contribution in [0.15, 0.2) is 30.3 Å². The summed E-state index contributed by atoms with van der Waals surface area (Å²) in [5.74, 6) is 0.141. The molecule has 1 aromatic carbocycles. The molecule has 3 aromatic rings. The van der Waals surface area contributed by atoms with Gasteiger partial charge in [-0.25, -0.2) is 8.78 Å². The van der Waals surface area contributed by atoms with Crippen LogP contribution in [-0.2, 0) is 6.54 Å². The second-order valence-corrected chi connectivity index (χ2v) is 6.63. The molecular weight excluding hydrogens is 324 g/mol. The van der Waals surface area contributed by atoms with Crippen molar-refractivity contribution in [3.8, 4) is 0 Å². The summed E-state index contributed by atoms with van der Waals surface area (Å²) in [5.41, 5.74) is 2.36. The van der Waals surface area contributed by atoms with Crippen LogP contribution in [0.5, 0.6) is 0 Å². The van der Waals surface area contributed by atoms with E-state index in [4.69, 9.17) is 0 Å². The molecule has 1 aliphatic rings. The minimum absolute atomic E-state index is 0.296. The van der Waals surface area contributed by atoms with E-state index in [0.717, 1.165) is 49.2 Å². The van der Waals surface area contributed by atoms with Gasteiger partial charge in [0.15, 0.2) is 11.5 Å². The minimum Gasteiger partial charge on any atom is -0.299 e. The summed E-state index contributed by atoms with van der Waals surface area (Å²) in [7, 11) is 0. The molecule has 4 rings (SSSR count). The fraction of sp³-hybridized carbons (Fsp3) is 0.389. The highest BCUT2D eigenvalue weighted by molar-refractivity contribution is 5.36. The zero-order valence-electron chi connectivity index (χ0n) is 14.0. The van der Waals surface area contributed by atoms with E-state index >= 15 is 0 Å². The standard InChI is InChI=1S/C18H19F2N5/c1-12-2-3-17-21-22-18(25(17)23-12)14-4-6-24(7-5-14)11-13-8-15(19)10-16(20)9-13/h2-3,8-10,14H,4-7,11H2,1H3. The van der Waals surface area contributed by atoms with Gasteiger partial charge in [-0.3, -0.25) is 4.90 Å². The molecule has 5 nitrogen and oxygen atoms in total. The zero-order valence-corrected chi connectivity index (χ0v) is 14.0. The summed E-state index contributed by atoms with van der Waals surface area (Å²) in [6.07, 6.45) is 1.85. The molecule has 0 saturated carbocycles. The van der Waals surface area contributed by atoms with Crippen LogP contribution in [0.25, 0.3) is 5.65 Å². The molecule has 1 aliphatic heterocycles. The molecule has 1 fully saturated rings. The Kier molecular flexibility index (Phi) is 4.17. The Bertz CT molecular complexity index is 879. The number of benzene rings is 1. The summed E-state index contributed by atoms with van der Waals surface area (Å²) in [4.78, 5) is 2.21. The Morgan fingerprint density at radius 3 is 2.48 bits per heavy atom. The molecule has 7 heteroatoms. The van der Waals surface area contributed by atoms with Gasteiger partial charge in [0.05, 0.1) is 5.69 Å². The number of aromatic nitrogens is 4. The summed E-state index contributed by atoms with van der Waals surface area (Å²) in [6, 6.07) is 7.55. The van der Waals surface area contributed by atoms with Crippen molar-refractivity contribution >= 4 is 5.65 Å². The number of rotatable bonds is 3. The molecule has 0 radical (unpaired) electrons. The zero-order chi connectivity index (χ0) is 17.4. The smallest absolute Gasteiger partial charge is 0.177 e. The van der Waals surface area contributed by atoms with Gasteiger partial charge in [0, 0.05) is 18.5 Å². The van der Waals surface area contributed by atoms with Crippen molar-refractivity contribution in [2.75, 3.05) is 13.1 Å². The van der Waals surface area contributed by atoms with E-state index in [2.05, 4.69) is 20.2 Å². The Morgan fingerprint density at radius 2 is 1.76 bits per heavy atom. The first-order valence-corrected chi connectivity index (χ1v) is 8.45. The Morgan fingerprint density at radius 1 is 1.04 bits per heavy atom. The van der Waals surface area contributed by atoms with Crippen molar-refractivity contribution in [1.29, 1.82) is 0 Å². The largest absolute Gasteiger partial charge is 0.299 e. The molecule has 0 aliphatic carbocycles. The van der Waals surface area contributed by atoms with Gasteiger partial charge in [0.25, 0.3) is 0 Å². The van der Waals surface area contributed by atoms with Crippen molar-refractivity contribution < 1.29 is 8.78 Å². The number of nitrogens with zero attached hydrogens (tertiary/aromatic N) is 5. The highest BCUT2D eigenvalue weighted by Gasteiger charge is 2.25. The maximum Gasteiger partial charge on any atom is 0.177 e. The minimum atomic E-state index is -0.527. The molecule has 0 unspecified atom stereocenters. The monoisotopic (exact) mass is 343 g/mol. The van der Waals surface area contributed by atoms with Crippen molar-refractivity contribution in [3.05, 3.63) is 59.0 Å². The molecule has 0 spiro atoms. The van der Waals surface area contributed by atoms with E-state index in [0.29, 0.717) is 18.0 Å². The Balaban J connectivity index is 1.45. The second-order valence-electron chi connectivity index (χ2n) is 6.63. The average Bonchev–Trinajstić information content (AvgIpc) is 2.97. The molecule has 3 heterocycles. The lowest BCUT2D eigenvalue weighted by atomic mass is 9.95. The molecule has 130 valence electrons. The van der Waals surface area contributed by atoms with Crippen LogP contribution >= 0.6 is 0 Å². The maximum absolute atomic E-state index is 13.3. The number of halogens is 2. The predicted molar refractivity (Wildman–Crippen MR) is 89.1 cm³/mol. The van der Waals surface area contributed by atoms with E-state index in [1.807, 2.05) is 23.6 Å². The first-order chi connectivity index (χ1) is 12.1. The molecule has 2 aromatic heterocycles. The van der Waals surface area contributed by atoms with E-state index in [1.54, 1.807) is 0 Å². The van der Waals surface area contributed by atoms with Gasteiger partial charge in [-0.15, -0.1) is 10.2 Å². The van der Waals surface area contributed by atoms with Crippen molar-refractivity contribution in [2.45, 2.75) is 32.2 Å². The Labute approximate surface area is 144 Å². The highest BCUT2D eigenvalue weighted by atomic mass is 19.1. The topological polar surface area (TPSA) is 46.3 Å². The van der Waals surface area contributed by atoms with Crippen molar-refractivity contribution in [1.82, 2.24) is 24.7 Å². The van der Waals surface area contributed by atoms with Crippen LogP contribution in [0.4, 0.5) is 8.78 Å². The van der Waals surface area contributed by atoms with E-state index in [1.165, 1.54) is 12.1 Å². The summed E-state index contributed by atoms with van der Waals surface area (Å²) in [6.45, 7) is 4.20. The first kappa shape index (κ1) is 16.1. The van der Waals surface area contributed by atoms with Crippen LogP contribution in [0.3, 0.4) is 0 Å². The maximum atomic E-state index is 13.3. The number of aryl methyl sites for hydroxylation is 1. The van der Waals surface area contributed by atoms with Crippen LogP contribution < -0.4 is 0 Å². The molecule has 1 saturated heterocycles. The van der Waals surface area contributed by atoms with Crippen LogP contribution in [0.1, 0.15) is 35.8 Å². The fourth-order valence-corrected chi connectivity index (χ4v) is 3.46. The van der Waals surface area contributed by atoms with E-state index in [-0.39, 0.29) is 0 Å². The van der Waals surface area contributed by atoms with Gasteiger partial charge in [-0.05, 0) is 62.7 Å². The lowest BCUT2D eigenvalue weighted by Crippen LogP contribution is -2.33. The summed E-state index contributed by atoms with van der Waals surface area (Å²) in [5, 5.41) is 13.0. The molecular formula is C18H19F2N5. The van der Waals surface area contributed by atoms with Crippen molar-refractivity contribution in [2.24, 2.45) is 0 Å². The van der Waals surface area contributed by atoms with E-state index < -0.39 is 11.6 Å². The average molecular weight is 343 g/mol. The lowest BCUT2D eigenvalue weighted by molar-refractivity contribution is 0.200. The number of fused-ring (bicyclic) bond motifs is 1. The second kappa shape index (κ2) is 6.48. The van der Waals surface area contributed by atoms with Gasteiger partial charge in [0.1, 0.15) is 11.6 Å². The third-order valence-electron chi connectivity index (χ3n) is 4.70. The summed E-state index contributed by atoms with van der Waals surface area (Å²) < 4.78 is 28.5. The molecule has 25 heavy (non-hydrogen) atoms. The third kappa shape index (κ3) is 3.37. The molecule has 0 N–H and O–H groups in total. The van der Waals surface area contributed by atoms with Gasteiger partial charge >= 0.3 is 0 Å². The van der Waals surface area contributed by atoms with Crippen LogP contribution in [-0.4, -0.2) is 37.8 Å². The van der Waals surface area contributed by atoms with Crippen molar-refractivity contribution in [3.63, 3.8) is 0 Å². The first-order valence-electron chi connectivity index (χ1n) is 8.45. The quantitative estimate of drug-likeness (QED) is 0.733. The highest BCUT2D eigenvalue weighted by Crippen LogP contribution is 2.27. The number of piperidine rings is 1. The summed E-state index contributed by atoms with van der Waals surface area (Å²) >= 11 is 0. The number of hydrogen-bond acceptors (Lipinski definition) is 4. The molecule has 0 bridgehead atoms. The van der Waals surface area contributed by atoms with Crippen LogP contribution in [0, 0.1) is 18.6 Å². The normalized spacial score (nSPS) is 16.6. The molecule has 0 amide bonds. The molecule has 0 atom stereocenters. The fourth-order valence-electron chi connectivity index (χ4n) is 3.46. The predicted octanol–water partition coefficient (Wildman–Crippen LogP) is 3.09. The van der Waals surface area contributed by atoms with Gasteiger partial charge in [0.2, 0.25) is 0 Å². The van der Waals surface area contributed by atoms with Gasteiger partial charge < -0.3 is 0 Å². The Hall–Kier alpha value is -2.41. The van der Waals surface area contributed by atoms with E-state index in [9.17, 15) is 8.78 Å². The SMILES string of the molecule is Cc1ccc2nnc(C3CCN(Cc4cc(F)cc(F)c4)CC3)n2n1. The third-order valence-corrected chi connectivity index (χ3v) is 4.70.